The van der Waals surface area contributed by atoms with Gasteiger partial charge >= 0.3 is 0 Å². The predicted octanol–water partition coefficient (Wildman–Crippen LogP) is 2.10. The molecule has 0 aromatic carbocycles. The fourth-order valence-electron chi connectivity index (χ4n) is 0.917. The lowest BCUT2D eigenvalue weighted by atomic mass is 10.4. The van der Waals surface area contributed by atoms with Gasteiger partial charge in [-0.15, -0.1) is 0 Å². The van der Waals surface area contributed by atoms with E-state index in [2.05, 4.69) is 27.9 Å². The van der Waals surface area contributed by atoms with Crippen LogP contribution in [0.15, 0.2) is 0 Å². The highest BCUT2D eigenvalue weighted by molar-refractivity contribution is 7.81. The van der Waals surface area contributed by atoms with E-state index in [1.54, 1.807) is 6.92 Å². The molecule has 1 rings (SSSR count). The fourth-order valence-corrected chi connectivity index (χ4v) is 1.25. The minimum atomic E-state index is 0.0164. The summed E-state index contributed by atoms with van der Waals surface area (Å²) < 4.78 is 0. The molecule has 0 bridgehead atoms. The summed E-state index contributed by atoms with van der Waals surface area (Å²) in [6.07, 6.45) is 0.864. The van der Waals surface area contributed by atoms with Crippen molar-refractivity contribution in [1.29, 1.82) is 0 Å². The molecule has 0 fully saturated rings. The molecule has 0 saturated carbocycles. The van der Waals surface area contributed by atoms with E-state index in [0.29, 0.717) is 17.3 Å². The van der Waals surface area contributed by atoms with Crippen molar-refractivity contribution >= 4 is 35.7 Å². The van der Waals surface area contributed by atoms with E-state index in [4.69, 9.17) is 17.3 Å². The second kappa shape index (κ2) is 4.70. The van der Waals surface area contributed by atoms with Crippen LogP contribution in [0.2, 0.25) is 5.15 Å². The topological polar surface area (TPSA) is 63.8 Å². The highest BCUT2D eigenvalue weighted by atomic mass is 35.5. The van der Waals surface area contributed by atoms with Crippen LogP contribution in [-0.4, -0.2) is 15.3 Å². The zero-order valence-corrected chi connectivity index (χ0v) is 9.73. The first-order valence-corrected chi connectivity index (χ1v) is 5.18. The number of nitrogens with two attached hydrogens (primary N) is 1. The number of hydrogen-bond acceptors (Lipinski definition) is 5. The van der Waals surface area contributed by atoms with Gasteiger partial charge in [-0.25, -0.2) is 9.97 Å². The molecule has 14 heavy (non-hydrogen) atoms. The van der Waals surface area contributed by atoms with E-state index in [9.17, 15) is 0 Å². The number of nitrogen functional groups attached to an aromatic ring is 1. The summed E-state index contributed by atoms with van der Waals surface area (Å²) >= 11 is 10.1. The molecule has 1 aromatic rings. The van der Waals surface area contributed by atoms with Crippen LogP contribution in [-0.2, 0) is 0 Å². The monoisotopic (exact) mass is 232 g/mol. The van der Waals surface area contributed by atoms with Crippen LogP contribution in [0.4, 0.5) is 11.5 Å². The zero-order valence-electron chi connectivity index (χ0n) is 8.08. The molecule has 1 atom stereocenters. The van der Waals surface area contributed by atoms with Gasteiger partial charge < -0.3 is 11.1 Å². The van der Waals surface area contributed by atoms with E-state index in [-0.39, 0.29) is 10.5 Å². The largest absolute Gasteiger partial charge is 0.393 e. The summed E-state index contributed by atoms with van der Waals surface area (Å²) in [7, 11) is 0. The number of aromatic nitrogens is 2. The van der Waals surface area contributed by atoms with Crippen molar-refractivity contribution in [1.82, 2.24) is 9.97 Å². The van der Waals surface area contributed by atoms with Gasteiger partial charge in [0.25, 0.3) is 0 Å². The van der Waals surface area contributed by atoms with E-state index in [0.717, 1.165) is 6.42 Å². The molecule has 0 spiro atoms. The molecule has 0 aliphatic rings. The molecule has 4 nitrogen and oxygen atoms in total. The standard InChI is InChI=1S/C8H13ClN4S/c1-3-5(14)13-8-6(10)7(9)11-4(2)12-8/h5,14H,3,10H2,1-2H3,(H,11,12,13). The molecule has 0 aliphatic carbocycles. The Morgan fingerprint density at radius 2 is 2.21 bits per heavy atom. The predicted molar refractivity (Wildman–Crippen MR) is 62.9 cm³/mol. The van der Waals surface area contributed by atoms with Crippen LogP contribution < -0.4 is 11.1 Å². The Morgan fingerprint density at radius 1 is 1.57 bits per heavy atom. The quantitative estimate of drug-likeness (QED) is 0.424. The van der Waals surface area contributed by atoms with Crippen LogP contribution >= 0.6 is 24.2 Å². The van der Waals surface area contributed by atoms with Gasteiger partial charge in [0.2, 0.25) is 0 Å². The maximum absolute atomic E-state index is 5.80. The summed E-state index contributed by atoms with van der Waals surface area (Å²) in [4.78, 5) is 8.07. The first kappa shape index (κ1) is 11.4. The number of halogens is 1. The van der Waals surface area contributed by atoms with Gasteiger partial charge in [0.05, 0.1) is 5.37 Å². The maximum atomic E-state index is 5.80. The Labute approximate surface area is 93.7 Å². The van der Waals surface area contributed by atoms with Gasteiger partial charge in [-0.2, -0.15) is 12.6 Å². The number of thiol groups is 1. The van der Waals surface area contributed by atoms with Crippen molar-refractivity contribution < 1.29 is 0 Å². The average molecular weight is 233 g/mol. The summed E-state index contributed by atoms with van der Waals surface area (Å²) in [5.41, 5.74) is 6.07. The van der Waals surface area contributed by atoms with Crippen LogP contribution in [0.3, 0.4) is 0 Å². The SMILES string of the molecule is CCC(S)Nc1nc(C)nc(Cl)c1N. The smallest absolute Gasteiger partial charge is 0.157 e. The fraction of sp³-hybridized carbons (Fsp3) is 0.500. The van der Waals surface area contributed by atoms with Gasteiger partial charge in [0.15, 0.2) is 11.0 Å². The molecule has 1 unspecified atom stereocenters. The third kappa shape index (κ3) is 2.65. The highest BCUT2D eigenvalue weighted by Gasteiger charge is 2.09. The van der Waals surface area contributed by atoms with Crippen molar-refractivity contribution in [3.05, 3.63) is 11.0 Å². The Morgan fingerprint density at radius 3 is 2.79 bits per heavy atom. The van der Waals surface area contributed by atoms with E-state index in [1.165, 1.54) is 0 Å². The van der Waals surface area contributed by atoms with Crippen molar-refractivity contribution in [2.75, 3.05) is 11.1 Å². The summed E-state index contributed by atoms with van der Waals surface area (Å²) in [6, 6.07) is 0. The number of nitrogens with zero attached hydrogens (tertiary/aromatic N) is 2. The molecule has 3 N–H and O–H groups in total. The molecule has 0 amide bonds. The Bertz CT molecular complexity index is 331. The number of hydrogen-bond donors (Lipinski definition) is 3. The highest BCUT2D eigenvalue weighted by Crippen LogP contribution is 2.24. The van der Waals surface area contributed by atoms with Crippen molar-refractivity contribution in [3.63, 3.8) is 0 Å². The van der Waals surface area contributed by atoms with Gasteiger partial charge in [-0.05, 0) is 13.3 Å². The summed E-state index contributed by atoms with van der Waals surface area (Å²) in [6.45, 7) is 3.77. The number of aryl methyl sites for hydroxylation is 1. The van der Waals surface area contributed by atoms with E-state index < -0.39 is 0 Å². The lowest BCUT2D eigenvalue weighted by Gasteiger charge is -2.13. The Kier molecular flexibility index (Phi) is 3.83. The molecular formula is C8H13ClN4S. The minimum absolute atomic E-state index is 0.0164. The third-order valence-corrected chi connectivity index (χ3v) is 2.48. The molecule has 6 heteroatoms. The first-order valence-electron chi connectivity index (χ1n) is 4.28. The zero-order chi connectivity index (χ0) is 10.7. The van der Waals surface area contributed by atoms with Crippen LogP contribution in [0.5, 0.6) is 0 Å². The van der Waals surface area contributed by atoms with Crippen molar-refractivity contribution in [3.8, 4) is 0 Å². The third-order valence-electron chi connectivity index (χ3n) is 1.70. The normalized spacial score (nSPS) is 12.6. The van der Waals surface area contributed by atoms with Gasteiger partial charge in [0.1, 0.15) is 11.5 Å². The minimum Gasteiger partial charge on any atom is -0.393 e. The molecule has 0 radical (unpaired) electrons. The number of rotatable bonds is 3. The molecule has 1 heterocycles. The van der Waals surface area contributed by atoms with E-state index in [1.807, 2.05) is 6.92 Å². The van der Waals surface area contributed by atoms with Gasteiger partial charge in [-0.1, -0.05) is 18.5 Å². The number of nitrogens with one attached hydrogen (secondary N) is 1. The van der Waals surface area contributed by atoms with Crippen LogP contribution in [0.1, 0.15) is 19.2 Å². The van der Waals surface area contributed by atoms with Crippen molar-refractivity contribution in [2.45, 2.75) is 25.6 Å². The second-order valence-electron chi connectivity index (χ2n) is 2.89. The molecule has 78 valence electrons. The molecular weight excluding hydrogens is 220 g/mol. The van der Waals surface area contributed by atoms with Gasteiger partial charge in [-0.3, -0.25) is 0 Å². The molecule has 1 aromatic heterocycles. The summed E-state index contributed by atoms with van der Waals surface area (Å²) in [5, 5.41) is 3.34. The average Bonchev–Trinajstić information content (AvgIpc) is 2.13. The molecule has 0 saturated heterocycles. The maximum Gasteiger partial charge on any atom is 0.157 e. The Balaban J connectivity index is 2.96. The van der Waals surface area contributed by atoms with Crippen molar-refractivity contribution in [2.24, 2.45) is 0 Å². The Hall–Kier alpha value is -0.680. The van der Waals surface area contributed by atoms with Crippen LogP contribution in [0.25, 0.3) is 0 Å². The van der Waals surface area contributed by atoms with Crippen LogP contribution in [0, 0.1) is 6.92 Å². The van der Waals surface area contributed by atoms with Gasteiger partial charge in [0, 0.05) is 0 Å². The molecule has 0 aliphatic heterocycles. The number of anilines is 2. The lowest BCUT2D eigenvalue weighted by molar-refractivity contribution is 0.909. The first-order chi connectivity index (χ1) is 6.54. The lowest BCUT2D eigenvalue weighted by Crippen LogP contribution is -2.14. The van der Waals surface area contributed by atoms with E-state index >= 15 is 0 Å². The summed E-state index contributed by atoms with van der Waals surface area (Å²) in [5.74, 6) is 1.13. The second-order valence-corrected chi connectivity index (χ2v) is 3.87.